The number of sulfonamides is 1. The zero-order valence-corrected chi connectivity index (χ0v) is 14.8. The van der Waals surface area contributed by atoms with Crippen LogP contribution >= 0.6 is 27.3 Å². The molecule has 0 aliphatic carbocycles. The summed E-state index contributed by atoms with van der Waals surface area (Å²) >= 11 is 4.60. The van der Waals surface area contributed by atoms with E-state index < -0.39 is 10.0 Å². The molecule has 1 rings (SSSR count). The van der Waals surface area contributed by atoms with Gasteiger partial charge in [-0.3, -0.25) is 0 Å². The maximum atomic E-state index is 12.0. The first-order valence-electron chi connectivity index (χ1n) is 6.38. The maximum absolute atomic E-state index is 12.0. The van der Waals surface area contributed by atoms with Gasteiger partial charge in [-0.25, -0.2) is 13.1 Å². The highest BCUT2D eigenvalue weighted by atomic mass is 79.9. The standard InChI is InChI=1S/C12H21BrN2O2S2/c1-4-15(5-2)8-6-7-14-19(16,17)11-9-10(3)12(13)18-11/h9,14H,4-8H2,1-3H3. The second-order valence-electron chi connectivity index (χ2n) is 4.30. The molecule has 0 amide bonds. The SMILES string of the molecule is CCN(CC)CCCNS(=O)(=O)c1cc(C)c(Br)s1. The van der Waals surface area contributed by atoms with Crippen LogP contribution in [0.15, 0.2) is 14.1 Å². The summed E-state index contributed by atoms with van der Waals surface area (Å²) in [5.74, 6) is 0. The van der Waals surface area contributed by atoms with Crippen LogP contribution in [0.3, 0.4) is 0 Å². The van der Waals surface area contributed by atoms with E-state index in [-0.39, 0.29) is 0 Å². The number of thiophene rings is 1. The largest absolute Gasteiger partial charge is 0.304 e. The van der Waals surface area contributed by atoms with E-state index >= 15 is 0 Å². The van der Waals surface area contributed by atoms with Gasteiger partial charge < -0.3 is 4.90 Å². The van der Waals surface area contributed by atoms with Crippen LogP contribution in [-0.4, -0.2) is 39.5 Å². The summed E-state index contributed by atoms with van der Waals surface area (Å²) < 4.78 is 28.0. The topological polar surface area (TPSA) is 49.4 Å². The van der Waals surface area contributed by atoms with Crippen molar-refractivity contribution < 1.29 is 8.42 Å². The molecular weight excluding hydrogens is 348 g/mol. The van der Waals surface area contributed by atoms with Gasteiger partial charge in [-0.05, 0) is 60.5 Å². The van der Waals surface area contributed by atoms with Crippen molar-refractivity contribution in [2.45, 2.75) is 31.4 Å². The van der Waals surface area contributed by atoms with Crippen molar-refractivity contribution in [1.82, 2.24) is 9.62 Å². The lowest BCUT2D eigenvalue weighted by atomic mass is 10.4. The molecule has 1 aromatic heterocycles. The summed E-state index contributed by atoms with van der Waals surface area (Å²) in [6.07, 6.45) is 0.826. The molecule has 1 heterocycles. The lowest BCUT2D eigenvalue weighted by molar-refractivity contribution is 0.300. The first kappa shape index (κ1) is 17.1. The molecule has 1 N–H and O–H groups in total. The number of nitrogens with zero attached hydrogens (tertiary/aromatic N) is 1. The number of aryl methyl sites for hydroxylation is 1. The van der Waals surface area contributed by atoms with E-state index in [4.69, 9.17) is 0 Å². The molecule has 0 fully saturated rings. The van der Waals surface area contributed by atoms with Crippen LogP contribution in [0.25, 0.3) is 0 Å². The van der Waals surface area contributed by atoms with Gasteiger partial charge >= 0.3 is 0 Å². The molecule has 0 saturated carbocycles. The third-order valence-corrected chi connectivity index (χ3v) is 7.01. The number of halogens is 1. The Balaban J connectivity index is 2.48. The second-order valence-corrected chi connectivity index (χ2v) is 8.66. The lowest BCUT2D eigenvalue weighted by Gasteiger charge is -2.17. The Bertz CT molecular complexity index is 476. The van der Waals surface area contributed by atoms with Crippen molar-refractivity contribution in [3.8, 4) is 0 Å². The summed E-state index contributed by atoms with van der Waals surface area (Å²) in [6, 6.07) is 1.70. The van der Waals surface area contributed by atoms with E-state index in [1.165, 1.54) is 11.3 Å². The second kappa shape index (κ2) is 7.73. The number of nitrogens with one attached hydrogen (secondary N) is 1. The molecule has 0 bridgehead atoms. The smallest absolute Gasteiger partial charge is 0.250 e. The molecule has 7 heteroatoms. The molecule has 4 nitrogen and oxygen atoms in total. The molecule has 0 saturated heterocycles. The Morgan fingerprint density at radius 1 is 1.37 bits per heavy atom. The average molecular weight is 369 g/mol. The zero-order chi connectivity index (χ0) is 14.5. The van der Waals surface area contributed by atoms with Crippen molar-refractivity contribution in [3.05, 3.63) is 15.4 Å². The van der Waals surface area contributed by atoms with E-state index in [1.54, 1.807) is 6.07 Å². The van der Waals surface area contributed by atoms with Gasteiger partial charge in [-0.15, -0.1) is 11.3 Å². The maximum Gasteiger partial charge on any atom is 0.250 e. The fraction of sp³-hybridized carbons (Fsp3) is 0.667. The Morgan fingerprint density at radius 3 is 2.47 bits per heavy atom. The zero-order valence-electron chi connectivity index (χ0n) is 11.6. The molecule has 110 valence electrons. The quantitative estimate of drug-likeness (QED) is 0.717. The summed E-state index contributed by atoms with van der Waals surface area (Å²) in [6.45, 7) is 9.51. The number of hydrogen-bond acceptors (Lipinski definition) is 4. The molecule has 0 atom stereocenters. The van der Waals surface area contributed by atoms with Crippen molar-refractivity contribution >= 4 is 37.3 Å². The van der Waals surface area contributed by atoms with E-state index in [1.807, 2.05) is 6.92 Å². The van der Waals surface area contributed by atoms with Crippen LogP contribution < -0.4 is 4.72 Å². The Kier molecular flexibility index (Phi) is 6.96. The van der Waals surface area contributed by atoms with Gasteiger partial charge in [0.25, 0.3) is 0 Å². The minimum atomic E-state index is -3.35. The molecule has 0 radical (unpaired) electrons. The van der Waals surface area contributed by atoms with Gasteiger partial charge in [-0.1, -0.05) is 13.8 Å². The first-order chi connectivity index (χ1) is 8.90. The van der Waals surface area contributed by atoms with Crippen LogP contribution in [0.1, 0.15) is 25.8 Å². The van der Waals surface area contributed by atoms with Gasteiger partial charge in [0.1, 0.15) is 4.21 Å². The minimum Gasteiger partial charge on any atom is -0.304 e. The average Bonchev–Trinajstić information content (AvgIpc) is 2.71. The molecule has 0 spiro atoms. The first-order valence-corrected chi connectivity index (χ1v) is 9.48. The highest BCUT2D eigenvalue weighted by molar-refractivity contribution is 9.11. The van der Waals surface area contributed by atoms with Gasteiger partial charge in [0.2, 0.25) is 10.0 Å². The van der Waals surface area contributed by atoms with Crippen LogP contribution in [0.4, 0.5) is 0 Å². The Morgan fingerprint density at radius 2 is 2.00 bits per heavy atom. The minimum absolute atomic E-state index is 0.375. The Labute approximate surface area is 128 Å². The summed E-state index contributed by atoms with van der Waals surface area (Å²) in [5.41, 5.74) is 0.952. The van der Waals surface area contributed by atoms with E-state index in [9.17, 15) is 8.42 Å². The third kappa shape index (κ3) is 5.15. The highest BCUT2D eigenvalue weighted by Gasteiger charge is 2.17. The van der Waals surface area contributed by atoms with Gasteiger partial charge in [0.15, 0.2) is 0 Å². The van der Waals surface area contributed by atoms with E-state index in [2.05, 4.69) is 39.4 Å². The third-order valence-electron chi connectivity index (χ3n) is 2.94. The normalized spacial score (nSPS) is 12.3. The van der Waals surface area contributed by atoms with Crippen molar-refractivity contribution in [3.63, 3.8) is 0 Å². The summed E-state index contributed by atoms with van der Waals surface area (Å²) in [7, 11) is -3.35. The van der Waals surface area contributed by atoms with Crippen molar-refractivity contribution in [2.75, 3.05) is 26.2 Å². The van der Waals surface area contributed by atoms with Gasteiger partial charge in [0.05, 0.1) is 3.79 Å². The monoisotopic (exact) mass is 368 g/mol. The Hall–Kier alpha value is 0.0500. The summed E-state index contributed by atoms with van der Waals surface area (Å²) in [4.78, 5) is 2.28. The van der Waals surface area contributed by atoms with Crippen molar-refractivity contribution in [2.24, 2.45) is 0 Å². The summed E-state index contributed by atoms with van der Waals surface area (Å²) in [5, 5.41) is 0. The van der Waals surface area contributed by atoms with Gasteiger partial charge in [0, 0.05) is 6.54 Å². The number of rotatable bonds is 8. The van der Waals surface area contributed by atoms with Crippen LogP contribution in [0, 0.1) is 6.92 Å². The number of hydrogen-bond donors (Lipinski definition) is 1. The van der Waals surface area contributed by atoms with Crippen LogP contribution in [0.5, 0.6) is 0 Å². The predicted octanol–water partition coefficient (Wildman–Crippen LogP) is 2.83. The molecule has 0 aliphatic rings. The fourth-order valence-corrected chi connectivity index (χ4v) is 5.03. The van der Waals surface area contributed by atoms with Crippen LogP contribution in [-0.2, 0) is 10.0 Å². The molecule has 19 heavy (non-hydrogen) atoms. The predicted molar refractivity (Wildman–Crippen MR) is 84.3 cm³/mol. The van der Waals surface area contributed by atoms with Gasteiger partial charge in [-0.2, -0.15) is 0 Å². The van der Waals surface area contributed by atoms with E-state index in [0.29, 0.717) is 10.8 Å². The van der Waals surface area contributed by atoms with Crippen LogP contribution in [0.2, 0.25) is 0 Å². The fourth-order valence-electron chi connectivity index (χ4n) is 1.68. The molecule has 0 aliphatic heterocycles. The molecule has 1 aromatic rings. The molecular formula is C12H21BrN2O2S2. The highest BCUT2D eigenvalue weighted by Crippen LogP contribution is 2.30. The van der Waals surface area contributed by atoms with E-state index in [0.717, 1.165) is 35.4 Å². The van der Waals surface area contributed by atoms with Crippen molar-refractivity contribution in [1.29, 1.82) is 0 Å². The molecule has 0 aromatic carbocycles. The molecule has 0 unspecified atom stereocenters. The lowest BCUT2D eigenvalue weighted by Crippen LogP contribution is -2.29.